The number of benzene rings is 1. The Kier molecular flexibility index (Phi) is 4.95. The van der Waals surface area contributed by atoms with Crippen LogP contribution in [0.5, 0.6) is 0 Å². The fourth-order valence-electron chi connectivity index (χ4n) is 2.27. The average molecular weight is 353 g/mol. The highest BCUT2D eigenvalue weighted by Gasteiger charge is 2.36. The van der Waals surface area contributed by atoms with Gasteiger partial charge in [-0.3, -0.25) is 19.3 Å². The van der Waals surface area contributed by atoms with Crippen LogP contribution in [0.15, 0.2) is 53.6 Å². The predicted octanol–water partition coefficient (Wildman–Crippen LogP) is 3.07. The lowest BCUT2D eigenvalue weighted by molar-refractivity contribution is -0.127. The summed E-state index contributed by atoms with van der Waals surface area (Å²) in [5, 5.41) is 2.13. The van der Waals surface area contributed by atoms with Crippen molar-refractivity contribution >= 4 is 40.7 Å². The summed E-state index contributed by atoms with van der Waals surface area (Å²) < 4.78 is 0. The Morgan fingerprint density at radius 3 is 2.72 bits per heavy atom. The molecule has 0 atom stereocenters. The van der Waals surface area contributed by atoms with Crippen molar-refractivity contribution in [1.82, 2.24) is 9.88 Å². The van der Waals surface area contributed by atoms with E-state index in [-0.39, 0.29) is 6.54 Å². The molecule has 1 aromatic heterocycles. The quantitative estimate of drug-likeness (QED) is 0.855. The zero-order valence-corrected chi connectivity index (χ0v) is 14.2. The van der Waals surface area contributed by atoms with E-state index in [1.54, 1.807) is 24.4 Å². The van der Waals surface area contributed by atoms with Crippen LogP contribution in [0.3, 0.4) is 0 Å². The van der Waals surface area contributed by atoms with E-state index in [9.17, 15) is 14.4 Å². The largest absolute Gasteiger partial charge is 0.309 e. The fourth-order valence-corrected chi connectivity index (χ4v) is 3.11. The fraction of sp³-hybridized carbons (Fsp3) is 0.111. The van der Waals surface area contributed by atoms with Gasteiger partial charge in [0.2, 0.25) is 5.91 Å². The number of anilines is 1. The number of imide groups is 1. The first-order valence-electron chi connectivity index (χ1n) is 7.56. The summed E-state index contributed by atoms with van der Waals surface area (Å²) in [5.74, 6) is -0.552. The molecule has 6 nitrogen and oxygen atoms in total. The van der Waals surface area contributed by atoms with Gasteiger partial charge in [0.1, 0.15) is 12.4 Å². The van der Waals surface area contributed by atoms with Gasteiger partial charge >= 0.3 is 0 Å². The van der Waals surface area contributed by atoms with E-state index in [0.717, 1.165) is 27.8 Å². The summed E-state index contributed by atoms with van der Waals surface area (Å²) in [7, 11) is 0. The van der Waals surface area contributed by atoms with Gasteiger partial charge in [0.25, 0.3) is 11.1 Å². The first kappa shape index (κ1) is 16.9. The normalized spacial score (nSPS) is 15.7. The first-order valence-corrected chi connectivity index (χ1v) is 8.37. The molecule has 7 heteroatoms. The Morgan fingerprint density at radius 2 is 2.00 bits per heavy atom. The van der Waals surface area contributed by atoms with Crippen LogP contribution in [-0.4, -0.2) is 33.5 Å². The molecule has 0 spiro atoms. The number of amides is 3. The topological polar surface area (TPSA) is 79.4 Å². The zero-order valence-electron chi connectivity index (χ0n) is 13.4. The van der Waals surface area contributed by atoms with Crippen LogP contribution in [0.1, 0.15) is 11.1 Å². The Balaban J connectivity index is 1.68. The zero-order chi connectivity index (χ0) is 17.8. The molecule has 1 aliphatic heterocycles. The second kappa shape index (κ2) is 7.31. The number of aromatic nitrogens is 1. The van der Waals surface area contributed by atoms with Gasteiger partial charge in [-0.15, -0.1) is 0 Å². The molecule has 1 saturated heterocycles. The monoisotopic (exact) mass is 353 g/mol. The summed E-state index contributed by atoms with van der Waals surface area (Å²) in [6, 6.07) is 12.7. The molecule has 3 amide bonds. The molecule has 2 heterocycles. The highest BCUT2D eigenvalue weighted by atomic mass is 32.2. The van der Waals surface area contributed by atoms with Gasteiger partial charge in [-0.05, 0) is 48.0 Å². The SMILES string of the molecule is Cc1ccnc(NC(=O)CN2C(=O)S/C(=C/c3ccccc3)C2=O)c1. The number of carbonyl (C=O) groups is 3. The van der Waals surface area contributed by atoms with E-state index < -0.39 is 17.1 Å². The maximum absolute atomic E-state index is 12.4. The van der Waals surface area contributed by atoms with Crippen molar-refractivity contribution in [3.8, 4) is 0 Å². The summed E-state index contributed by atoms with van der Waals surface area (Å²) in [4.78, 5) is 41.8. The minimum absolute atomic E-state index is 0.303. The highest BCUT2D eigenvalue weighted by Crippen LogP contribution is 2.31. The maximum atomic E-state index is 12.4. The van der Waals surface area contributed by atoms with Gasteiger partial charge in [0.05, 0.1) is 4.91 Å². The molecule has 0 radical (unpaired) electrons. The van der Waals surface area contributed by atoms with Gasteiger partial charge in [0.15, 0.2) is 0 Å². The molecular weight excluding hydrogens is 338 g/mol. The number of rotatable bonds is 4. The lowest BCUT2D eigenvalue weighted by Gasteiger charge is -2.12. The predicted molar refractivity (Wildman–Crippen MR) is 96.7 cm³/mol. The molecule has 1 fully saturated rings. The number of hydrogen-bond donors (Lipinski definition) is 1. The molecular formula is C18H15N3O3S. The van der Waals surface area contributed by atoms with E-state index in [0.29, 0.717) is 10.7 Å². The molecule has 126 valence electrons. The van der Waals surface area contributed by atoms with Crippen LogP contribution in [0.4, 0.5) is 10.6 Å². The average Bonchev–Trinajstić information content (AvgIpc) is 2.83. The van der Waals surface area contributed by atoms with Crippen molar-refractivity contribution in [2.75, 3.05) is 11.9 Å². The second-order valence-electron chi connectivity index (χ2n) is 5.45. The van der Waals surface area contributed by atoms with Crippen LogP contribution < -0.4 is 5.32 Å². The molecule has 0 aliphatic carbocycles. The Hall–Kier alpha value is -2.93. The smallest absolute Gasteiger partial charge is 0.294 e. The van der Waals surface area contributed by atoms with E-state index in [2.05, 4.69) is 10.3 Å². The maximum Gasteiger partial charge on any atom is 0.294 e. The van der Waals surface area contributed by atoms with Crippen LogP contribution in [0.25, 0.3) is 6.08 Å². The molecule has 0 unspecified atom stereocenters. The number of thioether (sulfide) groups is 1. The first-order chi connectivity index (χ1) is 12.0. The van der Waals surface area contributed by atoms with E-state index >= 15 is 0 Å². The summed E-state index contributed by atoms with van der Waals surface area (Å²) in [6.07, 6.45) is 3.22. The summed E-state index contributed by atoms with van der Waals surface area (Å²) in [6.45, 7) is 1.54. The highest BCUT2D eigenvalue weighted by molar-refractivity contribution is 8.18. The lowest BCUT2D eigenvalue weighted by Crippen LogP contribution is -2.36. The van der Waals surface area contributed by atoms with Crippen LogP contribution >= 0.6 is 11.8 Å². The standard InChI is InChI=1S/C18H15N3O3S/c1-12-7-8-19-15(9-12)20-16(22)11-21-17(23)14(25-18(21)24)10-13-5-3-2-4-6-13/h2-10H,11H2,1H3,(H,19,20,22)/b14-10+. The van der Waals surface area contributed by atoms with Crippen molar-refractivity contribution in [3.63, 3.8) is 0 Å². The number of nitrogens with zero attached hydrogens (tertiary/aromatic N) is 2. The minimum Gasteiger partial charge on any atom is -0.309 e. The summed E-state index contributed by atoms with van der Waals surface area (Å²) >= 11 is 0.830. The Bertz CT molecular complexity index is 865. The molecule has 25 heavy (non-hydrogen) atoms. The van der Waals surface area contributed by atoms with Crippen molar-refractivity contribution in [1.29, 1.82) is 0 Å². The molecule has 0 saturated carbocycles. The number of carbonyl (C=O) groups excluding carboxylic acids is 3. The third-order valence-corrected chi connectivity index (χ3v) is 4.36. The van der Waals surface area contributed by atoms with Crippen LogP contribution in [-0.2, 0) is 9.59 Å². The van der Waals surface area contributed by atoms with Crippen molar-refractivity contribution in [2.45, 2.75) is 6.92 Å². The number of nitrogens with one attached hydrogen (secondary N) is 1. The second-order valence-corrected chi connectivity index (χ2v) is 6.44. The van der Waals surface area contributed by atoms with Crippen molar-refractivity contribution in [2.24, 2.45) is 0 Å². The van der Waals surface area contributed by atoms with Crippen LogP contribution in [0.2, 0.25) is 0 Å². The molecule has 1 N–H and O–H groups in total. The van der Waals surface area contributed by atoms with Crippen LogP contribution in [0, 0.1) is 6.92 Å². The van der Waals surface area contributed by atoms with Gasteiger partial charge < -0.3 is 5.32 Å². The number of pyridine rings is 1. The molecule has 0 bridgehead atoms. The Morgan fingerprint density at radius 1 is 1.24 bits per heavy atom. The molecule has 1 aromatic carbocycles. The van der Waals surface area contributed by atoms with Crippen molar-refractivity contribution in [3.05, 3.63) is 64.7 Å². The lowest BCUT2D eigenvalue weighted by atomic mass is 10.2. The molecule has 1 aliphatic rings. The van der Waals surface area contributed by atoms with Gasteiger partial charge in [0, 0.05) is 6.20 Å². The van der Waals surface area contributed by atoms with E-state index in [1.807, 2.05) is 37.3 Å². The molecule has 2 aromatic rings. The summed E-state index contributed by atoms with van der Waals surface area (Å²) in [5.41, 5.74) is 1.77. The van der Waals surface area contributed by atoms with Crippen molar-refractivity contribution < 1.29 is 14.4 Å². The van der Waals surface area contributed by atoms with Gasteiger partial charge in [-0.25, -0.2) is 4.98 Å². The molecule has 3 rings (SSSR count). The Labute approximate surface area is 148 Å². The van der Waals surface area contributed by atoms with Gasteiger partial charge in [-0.2, -0.15) is 0 Å². The van der Waals surface area contributed by atoms with E-state index in [4.69, 9.17) is 0 Å². The number of hydrogen-bond acceptors (Lipinski definition) is 5. The third-order valence-electron chi connectivity index (χ3n) is 3.46. The van der Waals surface area contributed by atoms with E-state index in [1.165, 1.54) is 0 Å². The third kappa shape index (κ3) is 4.13. The number of aryl methyl sites for hydroxylation is 1. The minimum atomic E-state index is -0.471. The van der Waals surface area contributed by atoms with Gasteiger partial charge in [-0.1, -0.05) is 30.3 Å².